The molecule has 1 aliphatic carbocycles. The van der Waals surface area contributed by atoms with Gasteiger partial charge < -0.3 is 10.1 Å². The second-order valence-electron chi connectivity index (χ2n) is 9.48. The van der Waals surface area contributed by atoms with Crippen molar-refractivity contribution in [2.75, 3.05) is 5.32 Å². The molecule has 0 radical (unpaired) electrons. The van der Waals surface area contributed by atoms with Gasteiger partial charge in [0.2, 0.25) is 11.8 Å². The molecule has 0 saturated carbocycles. The van der Waals surface area contributed by atoms with E-state index in [2.05, 4.69) is 5.32 Å². The molecule has 4 rings (SSSR count). The lowest BCUT2D eigenvalue weighted by molar-refractivity contribution is -0.164. The number of fused-ring (bicyclic) bond motifs is 2. The Morgan fingerprint density at radius 2 is 1.59 bits per heavy atom. The van der Waals surface area contributed by atoms with Gasteiger partial charge in [0.05, 0.1) is 11.8 Å². The molecule has 7 heteroatoms. The van der Waals surface area contributed by atoms with Crippen LogP contribution in [-0.4, -0.2) is 40.7 Å². The van der Waals surface area contributed by atoms with Crippen molar-refractivity contribution in [1.82, 2.24) is 4.90 Å². The number of nitrogens with zero attached hydrogens (tertiary/aromatic N) is 1. The van der Waals surface area contributed by atoms with E-state index in [0.29, 0.717) is 18.5 Å². The smallest absolute Gasteiger partial charge is 0.330 e. The minimum atomic E-state index is -1.09. The Labute approximate surface area is 199 Å². The predicted molar refractivity (Wildman–Crippen MR) is 129 cm³/mol. The van der Waals surface area contributed by atoms with Crippen LogP contribution in [-0.2, 0) is 23.9 Å². The Bertz CT molecular complexity index is 1130. The Balaban J connectivity index is 1.46. The summed E-state index contributed by atoms with van der Waals surface area (Å²) in [6.07, 6.45) is 4.00. The van der Waals surface area contributed by atoms with Gasteiger partial charge in [-0.25, -0.2) is 4.79 Å². The van der Waals surface area contributed by atoms with Gasteiger partial charge >= 0.3 is 5.97 Å². The fourth-order valence-electron chi connectivity index (χ4n) is 4.70. The van der Waals surface area contributed by atoms with Crippen LogP contribution >= 0.6 is 0 Å². The summed E-state index contributed by atoms with van der Waals surface area (Å²) in [6, 6.07) is 12.3. The molecule has 3 amide bonds. The highest BCUT2D eigenvalue weighted by molar-refractivity contribution is 6.08. The number of ether oxygens (including phenoxy) is 1. The van der Waals surface area contributed by atoms with Crippen LogP contribution in [0.25, 0.3) is 10.8 Å². The topological polar surface area (TPSA) is 92.8 Å². The molecule has 2 aromatic carbocycles. The van der Waals surface area contributed by atoms with Gasteiger partial charge in [-0.15, -0.1) is 0 Å². The molecule has 1 fully saturated rings. The van der Waals surface area contributed by atoms with Gasteiger partial charge in [-0.3, -0.25) is 19.3 Å². The number of carbonyl (C=O) groups excluding carboxylic acids is 4. The third-order valence-corrected chi connectivity index (χ3v) is 6.50. The number of amides is 3. The first-order chi connectivity index (χ1) is 16.3. The number of carbonyl (C=O) groups is 4. The number of rotatable bonds is 7. The summed E-state index contributed by atoms with van der Waals surface area (Å²) < 4.78 is 5.48. The highest BCUT2D eigenvalue weighted by Gasteiger charge is 2.51. The lowest BCUT2D eigenvalue weighted by Gasteiger charge is -2.27. The molecule has 1 aliphatic heterocycles. The number of hydrogen-bond donors (Lipinski definition) is 1. The van der Waals surface area contributed by atoms with Gasteiger partial charge in [0.15, 0.2) is 6.10 Å². The van der Waals surface area contributed by atoms with Crippen LogP contribution in [0, 0.1) is 17.8 Å². The summed E-state index contributed by atoms with van der Waals surface area (Å²) in [5, 5.41) is 4.80. The zero-order valence-corrected chi connectivity index (χ0v) is 19.7. The fraction of sp³-hybridized carbons (Fsp3) is 0.407. The van der Waals surface area contributed by atoms with Crippen molar-refractivity contribution in [3.63, 3.8) is 0 Å². The molecule has 4 unspecified atom stereocenters. The molecule has 2 aliphatic rings. The second-order valence-corrected chi connectivity index (χ2v) is 9.48. The SMILES string of the molecule is CC(C)CC(C(=O)OC(C)C(=O)Nc1ccc2ccccc2c1)N1C(=O)C2CC=CCC2C1=O. The van der Waals surface area contributed by atoms with Crippen LogP contribution in [0.1, 0.15) is 40.0 Å². The Kier molecular flexibility index (Phi) is 6.82. The summed E-state index contributed by atoms with van der Waals surface area (Å²) >= 11 is 0. The van der Waals surface area contributed by atoms with Crippen molar-refractivity contribution < 1.29 is 23.9 Å². The predicted octanol–water partition coefficient (Wildman–Crippen LogP) is 4.08. The van der Waals surface area contributed by atoms with Gasteiger partial charge in [-0.1, -0.05) is 56.3 Å². The van der Waals surface area contributed by atoms with Crippen LogP contribution in [0.15, 0.2) is 54.6 Å². The first kappa shape index (κ1) is 23.7. The second kappa shape index (κ2) is 9.79. The normalized spacial score (nSPS) is 21.5. The number of nitrogens with one attached hydrogen (secondary N) is 1. The molecule has 1 saturated heterocycles. The maximum absolute atomic E-state index is 13.1. The average Bonchev–Trinajstić information content (AvgIpc) is 3.07. The van der Waals surface area contributed by atoms with Crippen LogP contribution < -0.4 is 5.32 Å². The number of hydrogen-bond acceptors (Lipinski definition) is 5. The van der Waals surface area contributed by atoms with Gasteiger partial charge in [0, 0.05) is 5.69 Å². The summed E-state index contributed by atoms with van der Waals surface area (Å²) in [5.74, 6) is -2.67. The van der Waals surface area contributed by atoms with Crippen LogP contribution in [0.4, 0.5) is 5.69 Å². The van der Waals surface area contributed by atoms with Crippen molar-refractivity contribution in [2.24, 2.45) is 17.8 Å². The number of esters is 1. The van der Waals surface area contributed by atoms with E-state index in [9.17, 15) is 19.2 Å². The van der Waals surface area contributed by atoms with Gasteiger partial charge in [0.25, 0.3) is 5.91 Å². The molecule has 0 aromatic heterocycles. The molecule has 1 heterocycles. The van der Waals surface area contributed by atoms with E-state index in [0.717, 1.165) is 15.7 Å². The minimum absolute atomic E-state index is 0.0423. The fourth-order valence-corrected chi connectivity index (χ4v) is 4.70. The van der Waals surface area contributed by atoms with Crippen molar-refractivity contribution >= 4 is 40.2 Å². The number of benzene rings is 2. The lowest BCUT2D eigenvalue weighted by atomic mass is 9.85. The zero-order chi connectivity index (χ0) is 24.4. The number of allylic oxidation sites excluding steroid dienone is 2. The quantitative estimate of drug-likeness (QED) is 0.380. The maximum atomic E-state index is 13.1. The number of anilines is 1. The Morgan fingerprint density at radius 3 is 2.21 bits per heavy atom. The summed E-state index contributed by atoms with van der Waals surface area (Å²) in [5.41, 5.74) is 0.590. The summed E-state index contributed by atoms with van der Waals surface area (Å²) in [7, 11) is 0. The molecule has 2 aromatic rings. The Hall–Kier alpha value is -3.48. The van der Waals surface area contributed by atoms with Crippen molar-refractivity contribution in [1.29, 1.82) is 0 Å². The van der Waals surface area contributed by atoms with Crippen molar-refractivity contribution in [2.45, 2.75) is 52.2 Å². The summed E-state index contributed by atoms with van der Waals surface area (Å²) in [4.78, 5) is 53.0. The molecule has 178 valence electrons. The minimum Gasteiger partial charge on any atom is -0.451 e. The van der Waals surface area contributed by atoms with Crippen LogP contribution in [0.2, 0.25) is 0 Å². The number of imide groups is 1. The lowest BCUT2D eigenvalue weighted by Crippen LogP contribution is -2.48. The first-order valence-electron chi connectivity index (χ1n) is 11.8. The van der Waals surface area contributed by atoms with E-state index in [1.165, 1.54) is 6.92 Å². The highest BCUT2D eigenvalue weighted by atomic mass is 16.5. The number of likely N-dealkylation sites (tertiary alicyclic amines) is 1. The van der Waals surface area contributed by atoms with Gasteiger partial charge in [-0.2, -0.15) is 0 Å². The van der Waals surface area contributed by atoms with Crippen molar-refractivity contribution in [3.8, 4) is 0 Å². The molecular formula is C27H30N2O5. The third-order valence-electron chi connectivity index (χ3n) is 6.50. The van der Waals surface area contributed by atoms with E-state index < -0.39 is 35.9 Å². The molecule has 7 nitrogen and oxygen atoms in total. The largest absolute Gasteiger partial charge is 0.451 e. The zero-order valence-electron chi connectivity index (χ0n) is 19.7. The molecule has 0 bridgehead atoms. The average molecular weight is 463 g/mol. The third kappa shape index (κ3) is 4.74. The van der Waals surface area contributed by atoms with E-state index in [-0.39, 0.29) is 24.2 Å². The van der Waals surface area contributed by atoms with Crippen molar-refractivity contribution in [3.05, 3.63) is 54.6 Å². The maximum Gasteiger partial charge on any atom is 0.330 e. The van der Waals surface area contributed by atoms with Gasteiger partial charge in [0.1, 0.15) is 6.04 Å². The summed E-state index contributed by atoms with van der Waals surface area (Å²) in [6.45, 7) is 5.31. The van der Waals surface area contributed by atoms with E-state index >= 15 is 0 Å². The molecule has 0 spiro atoms. The first-order valence-corrected chi connectivity index (χ1v) is 11.8. The highest BCUT2D eigenvalue weighted by Crippen LogP contribution is 2.37. The van der Waals surface area contributed by atoms with E-state index in [1.54, 1.807) is 6.07 Å². The molecule has 1 N–H and O–H groups in total. The van der Waals surface area contributed by atoms with E-state index in [4.69, 9.17) is 4.74 Å². The molecular weight excluding hydrogens is 432 g/mol. The molecule has 34 heavy (non-hydrogen) atoms. The molecule has 4 atom stereocenters. The standard InChI is InChI=1S/C27H30N2O5/c1-16(2)14-23(29-25(31)21-10-6-7-11-22(21)26(29)32)27(33)34-17(3)24(30)28-20-13-12-18-8-4-5-9-19(18)15-20/h4-9,12-13,15-17,21-23H,10-11,14H2,1-3H3,(H,28,30). The van der Waals surface area contributed by atoms with E-state index in [1.807, 2.05) is 62.4 Å². The Morgan fingerprint density at radius 1 is 0.971 bits per heavy atom. The monoisotopic (exact) mass is 462 g/mol. The van der Waals surface area contributed by atoms with Gasteiger partial charge in [-0.05, 0) is 55.0 Å². The van der Waals surface area contributed by atoms with Crippen LogP contribution in [0.5, 0.6) is 0 Å². The van der Waals surface area contributed by atoms with Crippen LogP contribution in [0.3, 0.4) is 0 Å².